The van der Waals surface area contributed by atoms with Gasteiger partial charge in [0.1, 0.15) is 5.75 Å². The Labute approximate surface area is 189 Å². The van der Waals surface area contributed by atoms with Crippen molar-refractivity contribution in [2.24, 2.45) is 0 Å². The molecule has 170 valence electrons. The van der Waals surface area contributed by atoms with Gasteiger partial charge in [-0.2, -0.15) is 0 Å². The lowest BCUT2D eigenvalue weighted by atomic mass is 9.95. The van der Waals surface area contributed by atoms with E-state index in [9.17, 15) is 9.59 Å². The number of hydrogen-bond donors (Lipinski definition) is 0. The Balaban J connectivity index is 1.47. The molecule has 1 unspecified atom stereocenters. The van der Waals surface area contributed by atoms with Gasteiger partial charge in [-0.1, -0.05) is 12.1 Å². The first-order chi connectivity index (χ1) is 15.7. The summed E-state index contributed by atoms with van der Waals surface area (Å²) in [5.74, 6) is 0.914. The second-order valence-electron chi connectivity index (χ2n) is 8.64. The average molecular weight is 437 g/mol. The summed E-state index contributed by atoms with van der Waals surface area (Å²) in [7, 11) is 0. The summed E-state index contributed by atoms with van der Waals surface area (Å²) < 4.78 is 5.93. The van der Waals surface area contributed by atoms with Gasteiger partial charge in [0.05, 0.1) is 18.8 Å². The SMILES string of the molecule is O=C(CCc1cnccn1)N1CCCOc2cccc(c2)CCC2CCCCN2C(=O)C1. The van der Waals surface area contributed by atoms with E-state index in [1.54, 1.807) is 23.5 Å². The molecule has 1 fully saturated rings. The Hall–Kier alpha value is -2.96. The zero-order valence-corrected chi connectivity index (χ0v) is 18.6. The van der Waals surface area contributed by atoms with Gasteiger partial charge in [0.15, 0.2) is 0 Å². The maximum atomic E-state index is 13.3. The van der Waals surface area contributed by atoms with E-state index in [4.69, 9.17) is 4.74 Å². The first kappa shape index (κ1) is 22.2. The predicted octanol–water partition coefficient (Wildman–Crippen LogP) is 3.03. The molecule has 0 aliphatic carbocycles. The average Bonchev–Trinajstić information content (AvgIpc) is 2.83. The van der Waals surface area contributed by atoms with Crippen molar-refractivity contribution in [3.63, 3.8) is 0 Å². The molecule has 1 aromatic heterocycles. The van der Waals surface area contributed by atoms with E-state index in [0.717, 1.165) is 50.1 Å². The van der Waals surface area contributed by atoms with Gasteiger partial charge in [0.2, 0.25) is 11.8 Å². The Kier molecular flexibility index (Phi) is 7.69. The molecule has 2 amide bonds. The molecule has 0 N–H and O–H groups in total. The number of carbonyl (C=O) groups is 2. The predicted molar refractivity (Wildman–Crippen MR) is 121 cm³/mol. The molecular formula is C25H32N4O3. The second-order valence-corrected chi connectivity index (χ2v) is 8.64. The van der Waals surface area contributed by atoms with Crippen molar-refractivity contribution in [1.82, 2.24) is 19.8 Å². The molecule has 2 aliphatic heterocycles. The molecule has 2 aromatic rings. The molecule has 0 radical (unpaired) electrons. The second kappa shape index (κ2) is 11.1. The standard InChI is InChI=1S/C25H32N4O3/c30-24(11-9-21-18-26-12-13-27-21)28-14-4-16-32-23-7-3-5-20(17-23)8-10-22-6-1-2-15-29(22)25(31)19-28/h3,5,7,12-13,17-18,22H,1-2,4,6,8-11,14-16,19H2. The van der Waals surface area contributed by atoms with Crippen LogP contribution in [0, 0.1) is 0 Å². The Morgan fingerprint density at radius 1 is 1.12 bits per heavy atom. The number of hydrogen-bond acceptors (Lipinski definition) is 5. The number of amides is 2. The molecular weight excluding hydrogens is 404 g/mol. The summed E-state index contributed by atoms with van der Waals surface area (Å²) >= 11 is 0. The maximum Gasteiger partial charge on any atom is 0.242 e. The molecule has 7 heteroatoms. The first-order valence-corrected chi connectivity index (χ1v) is 11.7. The maximum absolute atomic E-state index is 13.3. The Morgan fingerprint density at radius 3 is 2.94 bits per heavy atom. The van der Waals surface area contributed by atoms with Gasteiger partial charge >= 0.3 is 0 Å². The quantitative estimate of drug-likeness (QED) is 0.739. The Morgan fingerprint density at radius 2 is 2.06 bits per heavy atom. The number of fused-ring (bicyclic) bond motifs is 3. The van der Waals surface area contributed by atoms with Crippen LogP contribution in [-0.4, -0.2) is 63.9 Å². The zero-order valence-electron chi connectivity index (χ0n) is 18.6. The van der Waals surface area contributed by atoms with E-state index in [1.807, 2.05) is 17.0 Å². The van der Waals surface area contributed by atoms with Crippen molar-refractivity contribution in [2.45, 2.75) is 57.4 Å². The van der Waals surface area contributed by atoms with E-state index in [-0.39, 0.29) is 24.4 Å². The molecule has 0 saturated carbocycles. The number of rotatable bonds is 3. The lowest BCUT2D eigenvalue weighted by molar-refractivity contribution is -0.143. The zero-order chi connectivity index (χ0) is 22.2. The highest BCUT2D eigenvalue weighted by molar-refractivity contribution is 5.85. The number of ether oxygens (including phenoxy) is 1. The number of aryl methyl sites for hydroxylation is 2. The van der Waals surface area contributed by atoms with Crippen LogP contribution in [0.25, 0.3) is 0 Å². The summed E-state index contributed by atoms with van der Waals surface area (Å²) in [4.78, 5) is 38.3. The molecule has 3 heterocycles. The van der Waals surface area contributed by atoms with E-state index in [2.05, 4.69) is 22.1 Å². The van der Waals surface area contributed by atoms with Crippen LogP contribution in [0.3, 0.4) is 0 Å². The molecule has 4 rings (SSSR count). The molecule has 7 nitrogen and oxygen atoms in total. The minimum Gasteiger partial charge on any atom is -0.494 e. The molecule has 1 atom stereocenters. The summed E-state index contributed by atoms with van der Waals surface area (Å²) in [6, 6.07) is 8.48. The third kappa shape index (κ3) is 6.05. The minimum atomic E-state index is -0.0216. The highest BCUT2D eigenvalue weighted by atomic mass is 16.5. The van der Waals surface area contributed by atoms with Gasteiger partial charge in [-0.05, 0) is 62.6 Å². The molecule has 1 saturated heterocycles. The monoisotopic (exact) mass is 436 g/mol. The Bertz CT molecular complexity index is 905. The topological polar surface area (TPSA) is 75.6 Å². The summed E-state index contributed by atoms with van der Waals surface area (Å²) in [5.41, 5.74) is 2.03. The molecule has 2 bridgehead atoms. The van der Waals surface area contributed by atoms with Gasteiger partial charge in [0, 0.05) is 44.1 Å². The van der Waals surface area contributed by atoms with Crippen molar-refractivity contribution < 1.29 is 14.3 Å². The number of benzene rings is 1. The van der Waals surface area contributed by atoms with Crippen LogP contribution in [0.2, 0.25) is 0 Å². The molecule has 0 spiro atoms. The van der Waals surface area contributed by atoms with Gasteiger partial charge in [0.25, 0.3) is 0 Å². The van der Waals surface area contributed by atoms with Crippen LogP contribution in [0.5, 0.6) is 5.75 Å². The van der Waals surface area contributed by atoms with Crippen molar-refractivity contribution >= 4 is 11.8 Å². The van der Waals surface area contributed by atoms with Gasteiger partial charge in [-0.15, -0.1) is 0 Å². The first-order valence-electron chi connectivity index (χ1n) is 11.7. The van der Waals surface area contributed by atoms with E-state index < -0.39 is 0 Å². The molecule has 32 heavy (non-hydrogen) atoms. The minimum absolute atomic E-state index is 0.0216. The largest absolute Gasteiger partial charge is 0.494 e. The summed E-state index contributed by atoms with van der Waals surface area (Å²) in [6.45, 7) is 1.94. The van der Waals surface area contributed by atoms with Crippen LogP contribution in [0.4, 0.5) is 0 Å². The van der Waals surface area contributed by atoms with E-state index in [0.29, 0.717) is 32.4 Å². The third-order valence-electron chi connectivity index (χ3n) is 6.34. The number of carbonyl (C=O) groups excluding carboxylic acids is 2. The van der Waals surface area contributed by atoms with Crippen LogP contribution in [-0.2, 0) is 22.4 Å². The highest BCUT2D eigenvalue weighted by Crippen LogP contribution is 2.23. The fourth-order valence-corrected chi connectivity index (χ4v) is 4.60. The molecule has 1 aromatic carbocycles. The van der Waals surface area contributed by atoms with E-state index >= 15 is 0 Å². The fraction of sp³-hybridized carbons (Fsp3) is 0.520. The van der Waals surface area contributed by atoms with E-state index in [1.165, 1.54) is 5.56 Å². The smallest absolute Gasteiger partial charge is 0.242 e. The third-order valence-corrected chi connectivity index (χ3v) is 6.34. The summed E-state index contributed by atoms with van der Waals surface area (Å²) in [5, 5.41) is 0. The van der Waals surface area contributed by atoms with Crippen LogP contribution in [0.1, 0.15) is 49.8 Å². The normalized spacial score (nSPS) is 20.1. The highest BCUT2D eigenvalue weighted by Gasteiger charge is 2.28. The van der Waals surface area contributed by atoms with Crippen LogP contribution >= 0.6 is 0 Å². The summed E-state index contributed by atoms with van der Waals surface area (Å²) in [6.07, 6.45) is 11.5. The molecule has 2 aliphatic rings. The van der Waals surface area contributed by atoms with Gasteiger partial charge in [-0.25, -0.2) is 0 Å². The number of nitrogens with zero attached hydrogens (tertiary/aromatic N) is 4. The fourth-order valence-electron chi connectivity index (χ4n) is 4.60. The van der Waals surface area contributed by atoms with Crippen molar-refractivity contribution in [2.75, 3.05) is 26.2 Å². The number of piperidine rings is 1. The van der Waals surface area contributed by atoms with Crippen LogP contribution in [0.15, 0.2) is 42.9 Å². The van der Waals surface area contributed by atoms with Gasteiger partial charge in [-0.3, -0.25) is 19.6 Å². The lowest BCUT2D eigenvalue weighted by Gasteiger charge is -2.37. The van der Waals surface area contributed by atoms with Crippen molar-refractivity contribution in [3.8, 4) is 5.75 Å². The lowest BCUT2D eigenvalue weighted by Crippen LogP contribution is -2.49. The number of aromatic nitrogens is 2. The van der Waals surface area contributed by atoms with Crippen LogP contribution < -0.4 is 4.74 Å². The van der Waals surface area contributed by atoms with Gasteiger partial charge < -0.3 is 14.5 Å². The van der Waals surface area contributed by atoms with Crippen molar-refractivity contribution in [3.05, 3.63) is 54.1 Å². The van der Waals surface area contributed by atoms with Crippen molar-refractivity contribution in [1.29, 1.82) is 0 Å².